The van der Waals surface area contributed by atoms with Crippen molar-refractivity contribution < 1.29 is 19.1 Å². The van der Waals surface area contributed by atoms with Gasteiger partial charge >= 0.3 is 6.09 Å². The number of nitrogens with one attached hydrogen (secondary N) is 2. The monoisotopic (exact) mass is 365 g/mol. The number of ether oxygens (including phenoxy) is 1. The normalized spacial score (nSPS) is 12.2. The van der Waals surface area contributed by atoms with Crippen LogP contribution in [-0.4, -0.2) is 41.9 Å². The topological polar surface area (TPSA) is 84.5 Å². The molecule has 1 atom stereocenters. The van der Waals surface area contributed by atoms with Crippen LogP contribution in [-0.2, 0) is 16.1 Å². The number of hydrogen-bond acceptors (Lipinski definition) is 5. The predicted molar refractivity (Wildman–Crippen MR) is 99.5 cm³/mol. The Morgan fingerprint density at radius 3 is 2.64 bits per heavy atom. The molecule has 0 aromatic heterocycles. The van der Waals surface area contributed by atoms with Crippen LogP contribution in [0.1, 0.15) is 43.1 Å². The molecule has 1 radical (unpaired) electrons. The first kappa shape index (κ1) is 21.0. The molecule has 0 heterocycles. The van der Waals surface area contributed by atoms with Gasteiger partial charge in [-0.05, 0) is 56.9 Å². The van der Waals surface area contributed by atoms with Gasteiger partial charge in [-0.15, -0.1) is 0 Å². The second-order valence-electron chi connectivity index (χ2n) is 6.48. The minimum absolute atomic E-state index is 0.242. The first-order valence-electron chi connectivity index (χ1n) is 7.98. The van der Waals surface area contributed by atoms with Crippen LogP contribution in [0.25, 0.3) is 0 Å². The van der Waals surface area contributed by atoms with E-state index >= 15 is 0 Å². The Hall–Kier alpha value is -2.02. The Bertz CT molecular complexity index is 599. The molecule has 0 aliphatic heterocycles. The van der Waals surface area contributed by atoms with Gasteiger partial charge in [0.25, 0.3) is 5.91 Å². The van der Waals surface area contributed by atoms with Crippen molar-refractivity contribution in [3.05, 3.63) is 35.4 Å². The van der Waals surface area contributed by atoms with Crippen LogP contribution in [0, 0.1) is 0 Å². The van der Waals surface area contributed by atoms with Gasteiger partial charge in [0.2, 0.25) is 6.29 Å². The predicted octanol–water partition coefficient (Wildman–Crippen LogP) is 2.67. The highest BCUT2D eigenvalue weighted by Crippen LogP contribution is 2.09. The largest absolute Gasteiger partial charge is 0.444 e. The maximum Gasteiger partial charge on any atom is 0.407 e. The summed E-state index contributed by atoms with van der Waals surface area (Å²) >= 11 is 1.60. The molecule has 0 aliphatic carbocycles. The Morgan fingerprint density at radius 2 is 2.04 bits per heavy atom. The Labute approximate surface area is 153 Å². The second kappa shape index (κ2) is 10.1. The number of rotatable bonds is 8. The van der Waals surface area contributed by atoms with Crippen molar-refractivity contribution in [1.29, 1.82) is 0 Å². The molecular weight excluding hydrogens is 340 g/mol. The van der Waals surface area contributed by atoms with Gasteiger partial charge in [0, 0.05) is 12.1 Å². The fourth-order valence-electron chi connectivity index (χ4n) is 1.95. The minimum Gasteiger partial charge on any atom is -0.444 e. The summed E-state index contributed by atoms with van der Waals surface area (Å²) in [4.78, 5) is 34.9. The molecule has 1 aromatic rings. The SMILES string of the molecule is CSCC[C@@H]([C]=O)NC(=O)c1cccc(CNC(=O)OC(C)(C)C)c1. The van der Waals surface area contributed by atoms with Crippen molar-refractivity contribution in [3.63, 3.8) is 0 Å². The molecule has 1 rings (SSSR count). The summed E-state index contributed by atoms with van der Waals surface area (Å²) in [6.45, 7) is 5.60. The molecular formula is C18H25N2O4S. The molecule has 0 spiro atoms. The average Bonchev–Trinajstić information content (AvgIpc) is 2.55. The van der Waals surface area contributed by atoms with Crippen molar-refractivity contribution in [1.82, 2.24) is 10.6 Å². The number of hydrogen-bond donors (Lipinski definition) is 2. The lowest BCUT2D eigenvalue weighted by Gasteiger charge is -2.19. The summed E-state index contributed by atoms with van der Waals surface area (Å²) in [5, 5.41) is 5.30. The van der Waals surface area contributed by atoms with Crippen molar-refractivity contribution in [2.75, 3.05) is 12.0 Å². The number of amides is 2. The Balaban J connectivity index is 2.63. The summed E-state index contributed by atoms with van der Waals surface area (Å²) in [7, 11) is 0. The van der Waals surface area contributed by atoms with E-state index in [1.54, 1.807) is 56.8 Å². The van der Waals surface area contributed by atoms with E-state index in [-0.39, 0.29) is 12.5 Å². The lowest BCUT2D eigenvalue weighted by atomic mass is 10.1. The quantitative estimate of drug-likeness (QED) is 0.740. The standard InChI is InChI=1S/C18H25N2O4S/c1-18(2,3)24-17(23)19-11-13-6-5-7-14(10-13)16(22)20-15(12-21)8-9-25-4/h5-7,10,15H,8-9,11H2,1-4H3,(H,19,23)(H,20,22)/t15-/m0/s1. The van der Waals surface area contributed by atoms with E-state index in [1.807, 2.05) is 12.5 Å². The molecule has 137 valence electrons. The molecule has 25 heavy (non-hydrogen) atoms. The first-order chi connectivity index (χ1) is 11.7. The highest BCUT2D eigenvalue weighted by Gasteiger charge is 2.16. The van der Waals surface area contributed by atoms with Gasteiger partial charge in [-0.25, -0.2) is 4.79 Å². The fraction of sp³-hybridized carbons (Fsp3) is 0.500. The molecule has 0 aliphatic rings. The second-order valence-corrected chi connectivity index (χ2v) is 7.47. The number of alkyl carbamates (subject to hydrolysis) is 1. The smallest absolute Gasteiger partial charge is 0.407 e. The van der Waals surface area contributed by atoms with Crippen molar-refractivity contribution in [3.8, 4) is 0 Å². The lowest BCUT2D eigenvalue weighted by molar-refractivity contribution is 0.0523. The summed E-state index contributed by atoms with van der Waals surface area (Å²) in [5.41, 5.74) is 0.616. The van der Waals surface area contributed by atoms with E-state index in [1.165, 1.54) is 0 Å². The zero-order chi connectivity index (χ0) is 18.9. The maximum atomic E-state index is 12.2. The average molecular weight is 365 g/mol. The highest BCUT2D eigenvalue weighted by molar-refractivity contribution is 7.98. The number of benzene rings is 1. The molecule has 0 unspecified atom stereocenters. The number of thioether (sulfide) groups is 1. The van der Waals surface area contributed by atoms with Gasteiger partial charge in [0.15, 0.2) is 0 Å². The first-order valence-corrected chi connectivity index (χ1v) is 9.38. The highest BCUT2D eigenvalue weighted by atomic mass is 32.2. The van der Waals surface area contributed by atoms with Gasteiger partial charge in [-0.3, -0.25) is 9.59 Å². The maximum absolute atomic E-state index is 12.2. The van der Waals surface area contributed by atoms with Gasteiger partial charge in [0.05, 0.1) is 6.04 Å². The van der Waals surface area contributed by atoms with Crippen molar-refractivity contribution >= 4 is 30.0 Å². The summed E-state index contributed by atoms with van der Waals surface area (Å²) in [6, 6.07) is 6.23. The van der Waals surface area contributed by atoms with Gasteiger partial charge in [-0.1, -0.05) is 12.1 Å². The molecule has 1 aromatic carbocycles. The molecule has 2 N–H and O–H groups in total. The van der Waals surface area contributed by atoms with Crippen molar-refractivity contribution in [2.45, 2.75) is 45.4 Å². The zero-order valence-electron chi connectivity index (χ0n) is 15.0. The molecule has 6 nitrogen and oxygen atoms in total. The van der Waals surface area contributed by atoms with Crippen molar-refractivity contribution in [2.24, 2.45) is 0 Å². The molecule has 0 saturated heterocycles. The van der Waals surface area contributed by atoms with E-state index in [4.69, 9.17) is 4.74 Å². The van der Waals surface area contributed by atoms with E-state index in [2.05, 4.69) is 10.6 Å². The van der Waals surface area contributed by atoms with E-state index in [9.17, 15) is 14.4 Å². The summed E-state index contributed by atoms with van der Waals surface area (Å²) in [5.74, 6) is 0.425. The van der Waals surface area contributed by atoms with Crippen LogP contribution in [0.15, 0.2) is 24.3 Å². The Kier molecular flexibility index (Phi) is 8.48. The van der Waals surface area contributed by atoms with Gasteiger partial charge < -0.3 is 15.4 Å². The van der Waals surface area contributed by atoms with Crippen LogP contribution in [0.5, 0.6) is 0 Å². The minimum atomic E-state index is -0.622. The lowest BCUT2D eigenvalue weighted by Crippen LogP contribution is -2.36. The number of carbonyl (C=O) groups excluding carboxylic acids is 3. The molecule has 0 bridgehead atoms. The van der Waals surface area contributed by atoms with Crippen LogP contribution in [0.4, 0.5) is 4.79 Å². The molecule has 0 saturated carbocycles. The van der Waals surface area contributed by atoms with Crippen LogP contribution in [0.2, 0.25) is 0 Å². The molecule has 7 heteroatoms. The van der Waals surface area contributed by atoms with Crippen LogP contribution in [0.3, 0.4) is 0 Å². The van der Waals surface area contributed by atoms with E-state index in [0.717, 1.165) is 11.3 Å². The van der Waals surface area contributed by atoms with Gasteiger partial charge in [-0.2, -0.15) is 11.8 Å². The third kappa shape index (κ3) is 8.58. The van der Waals surface area contributed by atoms with Crippen LogP contribution < -0.4 is 10.6 Å². The summed E-state index contributed by atoms with van der Waals surface area (Å²) in [6.07, 6.45) is 3.80. The van der Waals surface area contributed by atoms with Crippen LogP contribution >= 0.6 is 11.8 Å². The third-order valence-electron chi connectivity index (χ3n) is 3.08. The van der Waals surface area contributed by atoms with Gasteiger partial charge in [0.1, 0.15) is 5.60 Å². The molecule has 2 amide bonds. The fourth-order valence-corrected chi connectivity index (χ4v) is 2.42. The third-order valence-corrected chi connectivity index (χ3v) is 3.73. The van der Waals surface area contributed by atoms with E-state index in [0.29, 0.717) is 12.0 Å². The Morgan fingerprint density at radius 1 is 1.32 bits per heavy atom. The molecule has 0 fully saturated rings. The number of carbonyl (C=O) groups is 2. The summed E-state index contributed by atoms with van der Waals surface area (Å²) < 4.78 is 5.17. The zero-order valence-corrected chi connectivity index (χ0v) is 15.9. The van der Waals surface area contributed by atoms with E-state index < -0.39 is 17.7 Å².